The molecule has 0 aromatic carbocycles. The molecule has 16 heavy (non-hydrogen) atoms. The van der Waals surface area contributed by atoms with Crippen LogP contribution in [0.1, 0.15) is 57.8 Å². The third-order valence-corrected chi connectivity index (χ3v) is 2.27. The predicted molar refractivity (Wildman–Crippen MR) is 53.0 cm³/mol. The number of hydrogen-bond donors (Lipinski definition) is 0. The van der Waals surface area contributed by atoms with Crippen molar-refractivity contribution in [2.45, 2.75) is 64.0 Å². The molecule has 92 valence electrons. The van der Waals surface area contributed by atoms with E-state index >= 15 is 0 Å². The van der Waals surface area contributed by atoms with Crippen LogP contribution in [0.2, 0.25) is 0 Å². The largest absolute Gasteiger partial charge is 1.00 e. The van der Waals surface area contributed by atoms with Gasteiger partial charge in [0.05, 0.1) is 0 Å². The second-order valence-electron chi connectivity index (χ2n) is 3.78. The van der Waals surface area contributed by atoms with Crippen LogP contribution in [-0.4, -0.2) is 6.18 Å². The maximum atomic E-state index is 11.7. The second kappa shape index (κ2) is 12.8. The molecule has 0 radical (unpaired) electrons. The zero-order chi connectivity index (χ0) is 11.6. The second-order valence-corrected chi connectivity index (χ2v) is 3.78. The van der Waals surface area contributed by atoms with E-state index in [0.717, 1.165) is 32.1 Å². The fourth-order valence-electron chi connectivity index (χ4n) is 1.43. The molecule has 0 aliphatic heterocycles. The third-order valence-electron chi connectivity index (χ3n) is 2.27. The van der Waals surface area contributed by atoms with Crippen LogP contribution in [0.25, 0.3) is 0 Å². The standard InChI is InChI=1S/C11H19F4.K/c12-10-8-6-4-2-1-3-5-7-9-11(13,14)15;/h10H,1-9H2;/q-1;+1. The Morgan fingerprint density at radius 1 is 0.750 bits per heavy atom. The number of unbranched alkanes of at least 4 members (excludes halogenated alkanes) is 7. The fraction of sp³-hybridized carbons (Fsp3) is 0.909. The van der Waals surface area contributed by atoms with Gasteiger partial charge in [0.2, 0.25) is 0 Å². The molecule has 0 saturated heterocycles. The van der Waals surface area contributed by atoms with Crippen LogP contribution in [0.4, 0.5) is 17.6 Å². The van der Waals surface area contributed by atoms with Crippen LogP contribution in [0.15, 0.2) is 0 Å². The van der Waals surface area contributed by atoms with Gasteiger partial charge in [0.15, 0.2) is 0 Å². The molecule has 0 bridgehead atoms. The summed E-state index contributed by atoms with van der Waals surface area (Å²) in [4.78, 5) is 0. The zero-order valence-electron chi connectivity index (χ0n) is 9.95. The summed E-state index contributed by atoms with van der Waals surface area (Å²) in [5, 5.41) is 0. The van der Waals surface area contributed by atoms with Crippen molar-refractivity contribution < 1.29 is 68.9 Å². The van der Waals surface area contributed by atoms with Crippen molar-refractivity contribution in [2.75, 3.05) is 0 Å². The fourth-order valence-corrected chi connectivity index (χ4v) is 1.43. The smallest absolute Gasteiger partial charge is 0.459 e. The summed E-state index contributed by atoms with van der Waals surface area (Å²) in [6.45, 7) is 0.656. The van der Waals surface area contributed by atoms with Gasteiger partial charge >= 0.3 is 57.6 Å². The Hall–Kier alpha value is 1.36. The Bertz CT molecular complexity index is 136. The van der Waals surface area contributed by atoms with Gasteiger partial charge in [0.1, 0.15) is 0 Å². The Labute approximate surface area is 138 Å². The Morgan fingerprint density at radius 2 is 1.19 bits per heavy atom. The monoisotopic (exact) mass is 266 g/mol. The minimum absolute atomic E-state index is 0. The molecule has 5 heteroatoms. The van der Waals surface area contributed by atoms with E-state index in [1.165, 1.54) is 0 Å². The van der Waals surface area contributed by atoms with E-state index in [-0.39, 0.29) is 57.8 Å². The van der Waals surface area contributed by atoms with Crippen LogP contribution in [0, 0.1) is 6.67 Å². The van der Waals surface area contributed by atoms with Gasteiger partial charge in [-0.25, -0.2) is 0 Å². The summed E-state index contributed by atoms with van der Waals surface area (Å²) in [6.07, 6.45) is 1.35. The van der Waals surface area contributed by atoms with Crippen LogP contribution in [-0.2, 0) is 0 Å². The topological polar surface area (TPSA) is 0 Å². The predicted octanol–water partition coefficient (Wildman–Crippen LogP) is 2.19. The molecule has 0 aromatic heterocycles. The maximum absolute atomic E-state index is 11.7. The van der Waals surface area contributed by atoms with Gasteiger partial charge < -0.3 is 4.39 Å². The molecular formula is C11H19F4K. The van der Waals surface area contributed by atoms with E-state index in [1.54, 1.807) is 0 Å². The number of halogens is 4. The molecule has 0 nitrogen and oxygen atoms in total. The first-order valence-electron chi connectivity index (χ1n) is 5.55. The van der Waals surface area contributed by atoms with Crippen molar-refractivity contribution in [1.82, 2.24) is 0 Å². The van der Waals surface area contributed by atoms with Crippen LogP contribution in [0.5, 0.6) is 0 Å². The molecule has 0 fully saturated rings. The molecule has 0 N–H and O–H groups in total. The average molecular weight is 266 g/mol. The quantitative estimate of drug-likeness (QED) is 0.260. The first-order valence-corrected chi connectivity index (χ1v) is 5.55. The molecular weight excluding hydrogens is 247 g/mol. The first-order chi connectivity index (χ1) is 7.06. The maximum Gasteiger partial charge on any atom is 1.00 e. The van der Waals surface area contributed by atoms with Crippen molar-refractivity contribution in [3.05, 3.63) is 6.67 Å². The molecule has 0 atom stereocenters. The van der Waals surface area contributed by atoms with Gasteiger partial charge in [-0.2, -0.15) is 26.3 Å². The van der Waals surface area contributed by atoms with E-state index in [9.17, 15) is 17.6 Å². The minimum atomic E-state index is -4.00. The van der Waals surface area contributed by atoms with E-state index in [2.05, 4.69) is 0 Å². The van der Waals surface area contributed by atoms with E-state index in [0.29, 0.717) is 19.5 Å². The molecule has 0 rings (SSSR count). The van der Waals surface area contributed by atoms with Gasteiger partial charge in [-0.1, -0.05) is 38.5 Å². The number of alkyl halides is 3. The summed E-state index contributed by atoms with van der Waals surface area (Å²) in [5.41, 5.74) is 0. The average Bonchev–Trinajstić information content (AvgIpc) is 2.14. The molecule has 0 aliphatic carbocycles. The first kappa shape index (κ1) is 19.7. The van der Waals surface area contributed by atoms with E-state index in [1.807, 2.05) is 0 Å². The van der Waals surface area contributed by atoms with Crippen molar-refractivity contribution in [3.63, 3.8) is 0 Å². The summed E-state index contributed by atoms with van der Waals surface area (Å²) >= 11 is 0. The Kier molecular flexibility index (Phi) is 15.8. The molecule has 0 heterocycles. The minimum Gasteiger partial charge on any atom is -0.459 e. The van der Waals surface area contributed by atoms with Crippen molar-refractivity contribution in [1.29, 1.82) is 0 Å². The van der Waals surface area contributed by atoms with Gasteiger partial charge in [0, 0.05) is 6.42 Å². The van der Waals surface area contributed by atoms with E-state index in [4.69, 9.17) is 0 Å². The van der Waals surface area contributed by atoms with Gasteiger partial charge in [-0.15, -0.1) is 0 Å². The zero-order valence-corrected chi connectivity index (χ0v) is 13.1. The molecule has 0 unspecified atom stereocenters. The van der Waals surface area contributed by atoms with Crippen molar-refractivity contribution in [3.8, 4) is 0 Å². The number of rotatable bonds is 9. The summed E-state index contributed by atoms with van der Waals surface area (Å²) in [6, 6.07) is 0. The Balaban J connectivity index is 0. The van der Waals surface area contributed by atoms with Gasteiger partial charge in [0.25, 0.3) is 0 Å². The van der Waals surface area contributed by atoms with Crippen LogP contribution >= 0.6 is 0 Å². The van der Waals surface area contributed by atoms with Gasteiger partial charge in [-0.3, -0.25) is 0 Å². The van der Waals surface area contributed by atoms with Crippen LogP contribution < -0.4 is 51.4 Å². The molecule has 0 aliphatic rings. The molecule has 0 aromatic rings. The summed E-state index contributed by atoms with van der Waals surface area (Å²) in [5.74, 6) is 0. The van der Waals surface area contributed by atoms with E-state index < -0.39 is 12.6 Å². The Morgan fingerprint density at radius 3 is 1.62 bits per heavy atom. The molecule has 0 spiro atoms. The third kappa shape index (κ3) is 17.7. The summed E-state index contributed by atoms with van der Waals surface area (Å²) in [7, 11) is 0. The molecule has 0 amide bonds. The van der Waals surface area contributed by atoms with Gasteiger partial charge in [-0.05, 0) is 6.42 Å². The number of hydrogen-bond acceptors (Lipinski definition) is 0. The van der Waals surface area contributed by atoms with Crippen LogP contribution in [0.3, 0.4) is 0 Å². The molecule has 0 saturated carbocycles. The van der Waals surface area contributed by atoms with Crippen molar-refractivity contribution in [2.24, 2.45) is 0 Å². The summed E-state index contributed by atoms with van der Waals surface area (Å²) < 4.78 is 46.7. The van der Waals surface area contributed by atoms with Crippen molar-refractivity contribution >= 4 is 0 Å². The SMILES string of the molecule is F[CH-]CCCCCCCCCC(F)(F)F.[K+]. The normalized spacial score (nSPS) is 11.2.